The number of nitrogens with zero attached hydrogens (tertiary/aromatic N) is 2. The summed E-state index contributed by atoms with van der Waals surface area (Å²) in [6.45, 7) is 1.18. The molecular formula is C12H14BrN3O3S. The molecule has 1 aliphatic rings. The van der Waals surface area contributed by atoms with Gasteiger partial charge < -0.3 is 4.74 Å². The number of pyridine rings is 1. The molecule has 1 saturated heterocycles. The number of imidazole rings is 1. The van der Waals surface area contributed by atoms with E-state index >= 15 is 0 Å². The first kappa shape index (κ1) is 14.0. The maximum atomic E-state index is 12.5. The molecule has 1 fully saturated rings. The van der Waals surface area contributed by atoms with E-state index < -0.39 is 10.0 Å². The fourth-order valence-corrected chi connectivity index (χ4v) is 3.96. The van der Waals surface area contributed by atoms with Crippen molar-refractivity contribution in [3.05, 3.63) is 29.0 Å². The summed E-state index contributed by atoms with van der Waals surface area (Å²) in [5.74, 6) is 0. The molecule has 0 atom stereocenters. The number of ether oxygens (including phenoxy) is 1. The van der Waals surface area contributed by atoms with E-state index in [1.54, 1.807) is 16.7 Å². The van der Waals surface area contributed by atoms with Crippen molar-refractivity contribution in [1.29, 1.82) is 0 Å². The van der Waals surface area contributed by atoms with E-state index in [2.05, 4.69) is 25.6 Å². The molecule has 3 rings (SSSR count). The van der Waals surface area contributed by atoms with Crippen LogP contribution in [0.1, 0.15) is 12.8 Å². The smallest absolute Gasteiger partial charge is 0.258 e. The van der Waals surface area contributed by atoms with Crippen LogP contribution in [0, 0.1) is 0 Å². The number of hydrogen-bond donors (Lipinski definition) is 1. The van der Waals surface area contributed by atoms with Crippen LogP contribution in [0.5, 0.6) is 0 Å². The summed E-state index contributed by atoms with van der Waals surface area (Å²) in [4.78, 5) is 4.12. The highest BCUT2D eigenvalue weighted by atomic mass is 79.9. The van der Waals surface area contributed by atoms with Crippen LogP contribution in [0.4, 0.5) is 0 Å². The van der Waals surface area contributed by atoms with E-state index in [9.17, 15) is 8.42 Å². The lowest BCUT2D eigenvalue weighted by atomic mass is 10.1. The van der Waals surface area contributed by atoms with Crippen molar-refractivity contribution in [2.75, 3.05) is 13.2 Å². The maximum Gasteiger partial charge on any atom is 0.258 e. The second kappa shape index (κ2) is 5.44. The Morgan fingerprint density at radius 2 is 2.10 bits per heavy atom. The van der Waals surface area contributed by atoms with E-state index in [1.165, 1.54) is 6.20 Å². The number of fused-ring (bicyclic) bond motifs is 1. The van der Waals surface area contributed by atoms with Gasteiger partial charge in [0.05, 0.1) is 6.20 Å². The molecule has 2 aromatic heterocycles. The van der Waals surface area contributed by atoms with Gasteiger partial charge in [0.25, 0.3) is 10.0 Å². The van der Waals surface area contributed by atoms with Crippen LogP contribution in [-0.4, -0.2) is 37.1 Å². The summed E-state index contributed by atoms with van der Waals surface area (Å²) in [6.07, 6.45) is 4.46. The average Bonchev–Trinajstić information content (AvgIpc) is 2.83. The van der Waals surface area contributed by atoms with Crippen molar-refractivity contribution in [2.45, 2.75) is 23.9 Å². The molecule has 0 spiro atoms. The molecule has 108 valence electrons. The van der Waals surface area contributed by atoms with Gasteiger partial charge in [0.15, 0.2) is 5.03 Å². The fraction of sp³-hybridized carbons (Fsp3) is 0.417. The SMILES string of the molecule is O=S(=O)(NC1CCOCC1)c1cnc2ccc(Br)cn12. The molecule has 0 bridgehead atoms. The second-order valence-electron chi connectivity index (χ2n) is 4.68. The average molecular weight is 360 g/mol. The Kier molecular flexibility index (Phi) is 3.80. The molecule has 0 aliphatic carbocycles. The molecule has 3 heterocycles. The zero-order chi connectivity index (χ0) is 14.2. The van der Waals surface area contributed by atoms with Gasteiger partial charge in [0, 0.05) is 29.9 Å². The summed E-state index contributed by atoms with van der Waals surface area (Å²) in [5.41, 5.74) is 0.598. The zero-order valence-electron chi connectivity index (χ0n) is 10.6. The van der Waals surface area contributed by atoms with Crippen LogP contribution in [0.25, 0.3) is 5.65 Å². The molecule has 0 unspecified atom stereocenters. The van der Waals surface area contributed by atoms with Crippen LogP contribution in [0.15, 0.2) is 34.0 Å². The molecular weight excluding hydrogens is 346 g/mol. The van der Waals surface area contributed by atoms with E-state index in [4.69, 9.17) is 4.74 Å². The first-order valence-corrected chi connectivity index (χ1v) is 8.56. The van der Waals surface area contributed by atoms with Gasteiger partial charge in [-0.05, 0) is 40.9 Å². The van der Waals surface area contributed by atoms with Crippen molar-refractivity contribution in [2.24, 2.45) is 0 Å². The summed E-state index contributed by atoms with van der Waals surface area (Å²) in [5, 5.41) is 0.153. The largest absolute Gasteiger partial charge is 0.381 e. The Morgan fingerprint density at radius 3 is 2.85 bits per heavy atom. The molecule has 0 radical (unpaired) electrons. The number of sulfonamides is 1. The van der Waals surface area contributed by atoms with Crippen molar-refractivity contribution >= 4 is 31.6 Å². The Hall–Kier alpha value is -0.960. The topological polar surface area (TPSA) is 72.7 Å². The molecule has 8 heteroatoms. The quantitative estimate of drug-likeness (QED) is 0.902. The van der Waals surface area contributed by atoms with Gasteiger partial charge in [0.2, 0.25) is 0 Å². The van der Waals surface area contributed by atoms with E-state index in [-0.39, 0.29) is 11.1 Å². The van der Waals surface area contributed by atoms with E-state index in [0.717, 1.165) is 4.47 Å². The summed E-state index contributed by atoms with van der Waals surface area (Å²) < 4.78 is 35.2. The van der Waals surface area contributed by atoms with Gasteiger partial charge >= 0.3 is 0 Å². The predicted octanol–water partition coefficient (Wildman–Crippen LogP) is 1.55. The Balaban J connectivity index is 1.94. The standard InChI is InChI=1S/C12H14BrN3O3S/c13-9-1-2-11-14-7-12(16(11)8-9)20(17,18)15-10-3-5-19-6-4-10/h1-2,7-8,10,15H,3-6H2. The number of halogens is 1. The van der Waals surface area contributed by atoms with Gasteiger partial charge in [-0.25, -0.2) is 18.1 Å². The van der Waals surface area contributed by atoms with Gasteiger partial charge in [0.1, 0.15) is 5.65 Å². The van der Waals surface area contributed by atoms with Crippen LogP contribution in [0.2, 0.25) is 0 Å². The van der Waals surface area contributed by atoms with Crippen molar-refractivity contribution < 1.29 is 13.2 Å². The minimum Gasteiger partial charge on any atom is -0.381 e. The monoisotopic (exact) mass is 359 g/mol. The number of nitrogens with one attached hydrogen (secondary N) is 1. The minimum atomic E-state index is -3.59. The molecule has 0 aromatic carbocycles. The third-order valence-corrected chi connectivity index (χ3v) is 5.22. The fourth-order valence-electron chi connectivity index (χ4n) is 2.23. The third-order valence-electron chi connectivity index (χ3n) is 3.25. The molecule has 1 aliphatic heterocycles. The Morgan fingerprint density at radius 1 is 1.35 bits per heavy atom. The van der Waals surface area contributed by atoms with Crippen LogP contribution in [0.3, 0.4) is 0 Å². The van der Waals surface area contributed by atoms with E-state index in [0.29, 0.717) is 31.7 Å². The lowest BCUT2D eigenvalue weighted by Crippen LogP contribution is -2.39. The van der Waals surface area contributed by atoms with Gasteiger partial charge in [-0.1, -0.05) is 0 Å². The first-order chi connectivity index (χ1) is 9.56. The summed E-state index contributed by atoms with van der Waals surface area (Å²) >= 11 is 3.34. The molecule has 1 N–H and O–H groups in total. The summed E-state index contributed by atoms with van der Waals surface area (Å²) in [6, 6.07) is 3.51. The first-order valence-electron chi connectivity index (χ1n) is 6.29. The van der Waals surface area contributed by atoms with Crippen molar-refractivity contribution in [3.63, 3.8) is 0 Å². The van der Waals surface area contributed by atoms with Gasteiger partial charge in [-0.15, -0.1) is 0 Å². The number of hydrogen-bond acceptors (Lipinski definition) is 4. The summed E-state index contributed by atoms with van der Waals surface area (Å²) in [7, 11) is -3.59. The number of rotatable bonds is 3. The minimum absolute atomic E-state index is 0.0774. The molecule has 6 nitrogen and oxygen atoms in total. The third kappa shape index (κ3) is 2.73. The highest BCUT2D eigenvalue weighted by molar-refractivity contribution is 9.10. The molecule has 2 aromatic rings. The highest BCUT2D eigenvalue weighted by Gasteiger charge is 2.24. The Labute approximate surface area is 125 Å². The zero-order valence-corrected chi connectivity index (χ0v) is 13.0. The van der Waals surface area contributed by atoms with Crippen LogP contribution in [-0.2, 0) is 14.8 Å². The van der Waals surface area contributed by atoms with E-state index in [1.807, 2.05) is 6.07 Å². The van der Waals surface area contributed by atoms with Crippen molar-refractivity contribution in [1.82, 2.24) is 14.1 Å². The number of aromatic nitrogens is 2. The van der Waals surface area contributed by atoms with Gasteiger partial charge in [-0.2, -0.15) is 0 Å². The molecule has 0 saturated carbocycles. The van der Waals surface area contributed by atoms with Crippen molar-refractivity contribution in [3.8, 4) is 0 Å². The molecule has 0 amide bonds. The predicted molar refractivity (Wildman–Crippen MR) is 77.1 cm³/mol. The Bertz CT molecular complexity index is 723. The van der Waals surface area contributed by atoms with Gasteiger partial charge in [-0.3, -0.25) is 4.40 Å². The van der Waals surface area contributed by atoms with Crippen LogP contribution < -0.4 is 4.72 Å². The second-order valence-corrected chi connectivity index (χ2v) is 7.26. The lowest BCUT2D eigenvalue weighted by molar-refractivity contribution is 0.0832. The normalized spacial score (nSPS) is 17.6. The lowest BCUT2D eigenvalue weighted by Gasteiger charge is -2.22. The molecule has 20 heavy (non-hydrogen) atoms. The maximum absolute atomic E-state index is 12.5. The van der Waals surface area contributed by atoms with Crippen LogP contribution >= 0.6 is 15.9 Å². The highest BCUT2D eigenvalue weighted by Crippen LogP contribution is 2.18.